The number of hydrogen-bond acceptors (Lipinski definition) is 3. The Bertz CT molecular complexity index is 961. The Hall–Kier alpha value is -2.24. The highest BCUT2D eigenvalue weighted by Gasteiger charge is 2.15. The van der Waals surface area contributed by atoms with Crippen LogP contribution in [0.15, 0.2) is 65.7 Å². The average molecular weight is 354 g/mol. The van der Waals surface area contributed by atoms with Gasteiger partial charge in [0.25, 0.3) is 0 Å². The molecule has 0 aliphatic heterocycles. The smallest absolute Gasteiger partial charge is 0.240 e. The summed E-state index contributed by atoms with van der Waals surface area (Å²) >= 11 is 0. The molecule has 0 saturated carbocycles. The van der Waals surface area contributed by atoms with Crippen LogP contribution in [0.3, 0.4) is 0 Å². The number of fused-ring (bicyclic) bond motifs is 1. The quantitative estimate of drug-likeness (QED) is 0.721. The van der Waals surface area contributed by atoms with Crippen LogP contribution in [-0.4, -0.2) is 13.4 Å². The van der Waals surface area contributed by atoms with E-state index in [0.29, 0.717) is 5.92 Å². The molecule has 1 atom stereocenters. The normalized spacial score (nSPS) is 13.0. The molecule has 1 aromatic heterocycles. The summed E-state index contributed by atoms with van der Waals surface area (Å²) in [6, 6.07) is 16.8. The highest BCUT2D eigenvalue weighted by molar-refractivity contribution is 7.89. The Balaban J connectivity index is 1.79. The SMILES string of the molecule is CCC(C)c1ccc(S(=O)(=O)NCc2nccc3ccccc23)cc1. The lowest BCUT2D eigenvalue weighted by Gasteiger charge is -2.11. The summed E-state index contributed by atoms with van der Waals surface area (Å²) in [6.45, 7) is 4.42. The molecular weight excluding hydrogens is 332 g/mol. The van der Waals surface area contributed by atoms with Crippen molar-refractivity contribution in [1.29, 1.82) is 0 Å². The van der Waals surface area contributed by atoms with Gasteiger partial charge in [-0.25, -0.2) is 13.1 Å². The van der Waals surface area contributed by atoms with Gasteiger partial charge in [-0.05, 0) is 41.5 Å². The molecule has 0 fully saturated rings. The van der Waals surface area contributed by atoms with Gasteiger partial charge in [0.15, 0.2) is 0 Å². The molecule has 0 aliphatic rings. The minimum Gasteiger partial charge on any atom is -0.259 e. The van der Waals surface area contributed by atoms with Crippen molar-refractivity contribution in [3.63, 3.8) is 0 Å². The molecule has 0 amide bonds. The second kappa shape index (κ2) is 7.33. The van der Waals surface area contributed by atoms with E-state index in [9.17, 15) is 8.42 Å². The van der Waals surface area contributed by atoms with Crippen LogP contribution >= 0.6 is 0 Å². The molecule has 25 heavy (non-hydrogen) atoms. The third-order valence-electron chi connectivity index (χ3n) is 4.56. The van der Waals surface area contributed by atoms with Gasteiger partial charge in [0, 0.05) is 11.6 Å². The fourth-order valence-electron chi connectivity index (χ4n) is 2.78. The maximum Gasteiger partial charge on any atom is 0.240 e. The predicted molar refractivity (Wildman–Crippen MR) is 101 cm³/mol. The first-order chi connectivity index (χ1) is 12.0. The van der Waals surface area contributed by atoms with E-state index in [0.717, 1.165) is 28.5 Å². The van der Waals surface area contributed by atoms with E-state index in [2.05, 4.69) is 23.6 Å². The van der Waals surface area contributed by atoms with Crippen LogP contribution < -0.4 is 4.72 Å². The molecule has 130 valence electrons. The Morgan fingerprint density at radius 2 is 1.76 bits per heavy atom. The Labute approximate surface area is 149 Å². The number of rotatable bonds is 6. The van der Waals surface area contributed by atoms with Crippen molar-refractivity contribution in [2.75, 3.05) is 0 Å². The first-order valence-electron chi connectivity index (χ1n) is 8.43. The lowest BCUT2D eigenvalue weighted by Crippen LogP contribution is -2.23. The molecule has 5 heteroatoms. The van der Waals surface area contributed by atoms with E-state index in [1.54, 1.807) is 18.3 Å². The zero-order valence-corrected chi connectivity index (χ0v) is 15.3. The lowest BCUT2D eigenvalue weighted by molar-refractivity contribution is 0.580. The molecular formula is C20H22N2O2S. The molecule has 1 N–H and O–H groups in total. The minimum absolute atomic E-state index is 0.163. The van der Waals surface area contributed by atoms with Crippen LogP contribution in [0.25, 0.3) is 10.8 Å². The van der Waals surface area contributed by atoms with Crippen molar-refractivity contribution in [2.24, 2.45) is 0 Å². The molecule has 1 heterocycles. The number of sulfonamides is 1. The second-order valence-corrected chi connectivity index (χ2v) is 7.95. The molecule has 0 bridgehead atoms. The zero-order chi connectivity index (χ0) is 17.9. The summed E-state index contributed by atoms with van der Waals surface area (Å²) in [7, 11) is -3.57. The third kappa shape index (κ3) is 3.89. The van der Waals surface area contributed by atoms with E-state index in [4.69, 9.17) is 0 Å². The summed E-state index contributed by atoms with van der Waals surface area (Å²) in [5.41, 5.74) is 1.87. The number of pyridine rings is 1. The lowest BCUT2D eigenvalue weighted by atomic mass is 9.99. The van der Waals surface area contributed by atoms with E-state index in [1.165, 1.54) is 0 Å². The Morgan fingerprint density at radius 3 is 2.48 bits per heavy atom. The molecule has 0 radical (unpaired) electrons. The van der Waals surface area contributed by atoms with Crippen molar-refractivity contribution in [2.45, 2.75) is 37.6 Å². The molecule has 0 spiro atoms. The fraction of sp³-hybridized carbons (Fsp3) is 0.250. The van der Waals surface area contributed by atoms with Crippen molar-refractivity contribution in [3.8, 4) is 0 Å². The Kier molecular flexibility index (Phi) is 5.16. The summed E-state index contributed by atoms with van der Waals surface area (Å²) < 4.78 is 27.8. The summed E-state index contributed by atoms with van der Waals surface area (Å²) in [5, 5.41) is 2.00. The summed E-state index contributed by atoms with van der Waals surface area (Å²) in [4.78, 5) is 4.60. The van der Waals surface area contributed by atoms with Gasteiger partial charge in [-0.15, -0.1) is 0 Å². The van der Waals surface area contributed by atoms with Gasteiger partial charge < -0.3 is 0 Å². The highest BCUT2D eigenvalue weighted by Crippen LogP contribution is 2.21. The van der Waals surface area contributed by atoms with Crippen LogP contribution in [0.5, 0.6) is 0 Å². The van der Waals surface area contributed by atoms with Gasteiger partial charge in [-0.2, -0.15) is 0 Å². The van der Waals surface area contributed by atoms with Crippen LogP contribution in [0, 0.1) is 0 Å². The minimum atomic E-state index is -3.57. The van der Waals surface area contributed by atoms with Crippen LogP contribution in [-0.2, 0) is 16.6 Å². The van der Waals surface area contributed by atoms with E-state index >= 15 is 0 Å². The number of hydrogen-bond donors (Lipinski definition) is 1. The van der Waals surface area contributed by atoms with Crippen LogP contribution in [0.2, 0.25) is 0 Å². The van der Waals surface area contributed by atoms with E-state index < -0.39 is 10.0 Å². The molecule has 3 rings (SSSR count). The topological polar surface area (TPSA) is 59.1 Å². The van der Waals surface area contributed by atoms with Gasteiger partial charge in [0.1, 0.15) is 0 Å². The largest absolute Gasteiger partial charge is 0.259 e. The third-order valence-corrected chi connectivity index (χ3v) is 5.97. The van der Waals surface area contributed by atoms with Crippen molar-refractivity contribution >= 4 is 20.8 Å². The second-order valence-electron chi connectivity index (χ2n) is 6.18. The number of nitrogens with one attached hydrogen (secondary N) is 1. The molecule has 1 unspecified atom stereocenters. The number of benzene rings is 2. The summed E-state index contributed by atoms with van der Waals surface area (Å²) in [5.74, 6) is 0.421. The zero-order valence-electron chi connectivity index (χ0n) is 14.4. The van der Waals surface area contributed by atoms with Crippen molar-refractivity contribution in [3.05, 3.63) is 72.1 Å². The average Bonchev–Trinajstić information content (AvgIpc) is 2.66. The molecule has 2 aromatic carbocycles. The van der Waals surface area contributed by atoms with Gasteiger partial charge >= 0.3 is 0 Å². The van der Waals surface area contributed by atoms with E-state index in [1.807, 2.05) is 42.5 Å². The van der Waals surface area contributed by atoms with Crippen LogP contribution in [0.4, 0.5) is 0 Å². The van der Waals surface area contributed by atoms with Crippen LogP contribution in [0.1, 0.15) is 37.4 Å². The maximum absolute atomic E-state index is 12.6. The van der Waals surface area contributed by atoms with Gasteiger partial charge in [-0.1, -0.05) is 50.2 Å². The molecule has 3 aromatic rings. The van der Waals surface area contributed by atoms with Crippen molar-refractivity contribution < 1.29 is 8.42 Å². The highest BCUT2D eigenvalue weighted by atomic mass is 32.2. The molecule has 4 nitrogen and oxygen atoms in total. The monoisotopic (exact) mass is 354 g/mol. The standard InChI is InChI=1S/C20H22N2O2S/c1-3-15(2)16-8-10-18(11-9-16)25(23,24)22-14-20-19-7-5-4-6-17(19)12-13-21-20/h4-13,15,22H,3,14H2,1-2H3. The first-order valence-corrected chi connectivity index (χ1v) is 9.92. The number of aromatic nitrogens is 1. The first kappa shape index (κ1) is 17.6. The van der Waals surface area contributed by atoms with Gasteiger partial charge in [0.2, 0.25) is 10.0 Å². The Morgan fingerprint density at radius 1 is 1.04 bits per heavy atom. The predicted octanol–water partition coefficient (Wildman–Crippen LogP) is 4.23. The number of nitrogens with zero attached hydrogens (tertiary/aromatic N) is 1. The maximum atomic E-state index is 12.6. The van der Waals surface area contributed by atoms with Gasteiger partial charge in [-0.3, -0.25) is 4.98 Å². The molecule has 0 aliphatic carbocycles. The van der Waals surface area contributed by atoms with Crippen molar-refractivity contribution in [1.82, 2.24) is 9.71 Å². The summed E-state index contributed by atoms with van der Waals surface area (Å²) in [6.07, 6.45) is 2.73. The van der Waals surface area contributed by atoms with E-state index in [-0.39, 0.29) is 11.4 Å². The van der Waals surface area contributed by atoms with Gasteiger partial charge in [0.05, 0.1) is 17.1 Å². The fourth-order valence-corrected chi connectivity index (χ4v) is 3.77. The molecule has 0 saturated heterocycles.